The average Bonchev–Trinajstić information content (AvgIpc) is 2.86. The van der Waals surface area contributed by atoms with Gasteiger partial charge in [-0.3, -0.25) is 0 Å². The quantitative estimate of drug-likeness (QED) is 0.678. The maximum absolute atomic E-state index is 11.7. The van der Waals surface area contributed by atoms with Gasteiger partial charge in [0.25, 0.3) is 0 Å². The highest BCUT2D eigenvalue weighted by atomic mass is 16.4. The van der Waals surface area contributed by atoms with Crippen LogP contribution in [0, 0.1) is 6.92 Å². The van der Waals surface area contributed by atoms with Gasteiger partial charge in [-0.15, -0.1) is 0 Å². The molecular formula is C21H19NO2. The van der Waals surface area contributed by atoms with Crippen molar-refractivity contribution in [3.05, 3.63) is 101 Å². The van der Waals surface area contributed by atoms with Gasteiger partial charge in [0.05, 0.1) is 0 Å². The first-order valence-electron chi connectivity index (χ1n) is 8.01. The normalized spacial score (nSPS) is 25.1. The molecule has 2 atom stereocenters. The Labute approximate surface area is 141 Å². The molecule has 3 N–H and O–H groups in total. The molecule has 1 aliphatic heterocycles. The molecule has 120 valence electrons. The summed E-state index contributed by atoms with van der Waals surface area (Å²) in [5.74, 6) is 0. The number of hydrogen-bond donors (Lipinski definition) is 3. The molecule has 0 aliphatic carbocycles. The molecule has 0 amide bonds. The summed E-state index contributed by atoms with van der Waals surface area (Å²) in [6, 6.07) is 24.3. The molecule has 3 aromatic carbocycles. The zero-order chi connectivity index (χ0) is 16.8. The first kappa shape index (κ1) is 14.9. The number of benzene rings is 3. The molecule has 0 aromatic heterocycles. The summed E-state index contributed by atoms with van der Waals surface area (Å²) >= 11 is 0. The summed E-state index contributed by atoms with van der Waals surface area (Å²) in [6.45, 7) is 1.99. The van der Waals surface area contributed by atoms with E-state index in [0.29, 0.717) is 16.7 Å². The van der Waals surface area contributed by atoms with Gasteiger partial charge in [0.15, 0.2) is 5.60 Å². The molecule has 2 unspecified atom stereocenters. The number of para-hydroxylation sites is 1. The van der Waals surface area contributed by atoms with E-state index in [1.54, 1.807) is 0 Å². The van der Waals surface area contributed by atoms with E-state index in [1.165, 1.54) is 0 Å². The maximum Gasteiger partial charge on any atom is 0.200 e. The van der Waals surface area contributed by atoms with Crippen LogP contribution in [0.25, 0.3) is 0 Å². The first-order chi connectivity index (χ1) is 11.6. The number of hydrogen-bond acceptors (Lipinski definition) is 3. The summed E-state index contributed by atoms with van der Waals surface area (Å²) in [7, 11) is 0. The minimum atomic E-state index is -1.65. The Balaban J connectivity index is 1.99. The SMILES string of the molecule is Cc1ccc(C2(O)Nc3ccccc3C2(O)c2ccccc2)cc1. The lowest BCUT2D eigenvalue weighted by Gasteiger charge is -2.39. The fourth-order valence-electron chi connectivity index (χ4n) is 3.51. The number of aryl methyl sites for hydroxylation is 1. The fraction of sp³-hybridized carbons (Fsp3) is 0.143. The van der Waals surface area contributed by atoms with Gasteiger partial charge in [-0.05, 0) is 18.6 Å². The molecule has 0 spiro atoms. The van der Waals surface area contributed by atoms with Crippen molar-refractivity contribution in [2.45, 2.75) is 18.2 Å². The lowest BCUT2D eigenvalue weighted by Crippen LogP contribution is -2.50. The summed E-state index contributed by atoms with van der Waals surface area (Å²) in [4.78, 5) is 0. The highest BCUT2D eigenvalue weighted by Gasteiger charge is 2.58. The van der Waals surface area contributed by atoms with E-state index in [1.807, 2.05) is 85.8 Å². The standard InChI is InChI=1S/C21H19NO2/c1-15-11-13-17(14-12-15)21(24)20(23,16-7-3-2-4-8-16)18-9-5-6-10-19(18)22-21/h2-14,22-24H,1H3. The largest absolute Gasteiger partial charge is 0.375 e. The van der Waals surface area contributed by atoms with E-state index in [0.717, 1.165) is 11.3 Å². The van der Waals surface area contributed by atoms with Crippen molar-refractivity contribution >= 4 is 5.69 Å². The third-order valence-electron chi connectivity index (χ3n) is 4.82. The lowest BCUT2D eigenvalue weighted by molar-refractivity contribution is -0.111. The zero-order valence-electron chi connectivity index (χ0n) is 13.4. The number of fused-ring (bicyclic) bond motifs is 1. The first-order valence-corrected chi connectivity index (χ1v) is 8.01. The van der Waals surface area contributed by atoms with Crippen LogP contribution < -0.4 is 5.32 Å². The highest BCUT2D eigenvalue weighted by molar-refractivity contribution is 5.67. The average molecular weight is 317 g/mol. The predicted octanol–water partition coefficient (Wildman–Crippen LogP) is 3.50. The predicted molar refractivity (Wildman–Crippen MR) is 94.6 cm³/mol. The maximum atomic E-state index is 11.7. The molecular weight excluding hydrogens is 298 g/mol. The van der Waals surface area contributed by atoms with Crippen LogP contribution in [0.2, 0.25) is 0 Å². The molecule has 4 rings (SSSR count). The molecule has 0 radical (unpaired) electrons. The summed E-state index contributed by atoms with van der Waals surface area (Å²) < 4.78 is 0. The smallest absolute Gasteiger partial charge is 0.200 e. The van der Waals surface area contributed by atoms with E-state index in [-0.39, 0.29) is 0 Å². The molecule has 3 nitrogen and oxygen atoms in total. The summed E-state index contributed by atoms with van der Waals surface area (Å²) in [5.41, 5.74) is 0.528. The van der Waals surface area contributed by atoms with Crippen LogP contribution in [0.3, 0.4) is 0 Å². The van der Waals surface area contributed by atoms with Gasteiger partial charge in [-0.1, -0.05) is 78.4 Å². The van der Waals surface area contributed by atoms with Crippen molar-refractivity contribution in [1.29, 1.82) is 0 Å². The van der Waals surface area contributed by atoms with Gasteiger partial charge in [-0.25, -0.2) is 0 Å². The molecule has 24 heavy (non-hydrogen) atoms. The van der Waals surface area contributed by atoms with Gasteiger partial charge < -0.3 is 15.5 Å². The molecule has 3 aromatic rings. The Morgan fingerprint density at radius 1 is 0.708 bits per heavy atom. The third-order valence-corrected chi connectivity index (χ3v) is 4.82. The minimum Gasteiger partial charge on any atom is -0.375 e. The second-order valence-electron chi connectivity index (χ2n) is 6.32. The van der Waals surface area contributed by atoms with Crippen LogP contribution in [-0.2, 0) is 11.3 Å². The highest BCUT2D eigenvalue weighted by Crippen LogP contribution is 2.53. The minimum absolute atomic E-state index is 0.621. The van der Waals surface area contributed by atoms with Gasteiger partial charge in [0.1, 0.15) is 0 Å². The zero-order valence-corrected chi connectivity index (χ0v) is 13.4. The van der Waals surface area contributed by atoms with Crippen molar-refractivity contribution in [2.24, 2.45) is 0 Å². The molecule has 1 aliphatic rings. The van der Waals surface area contributed by atoms with E-state index in [2.05, 4.69) is 5.32 Å². The van der Waals surface area contributed by atoms with Crippen molar-refractivity contribution in [2.75, 3.05) is 5.32 Å². The third kappa shape index (κ3) is 1.92. The Morgan fingerprint density at radius 2 is 1.33 bits per heavy atom. The van der Waals surface area contributed by atoms with Crippen LogP contribution in [0.5, 0.6) is 0 Å². The second kappa shape index (κ2) is 5.20. The monoisotopic (exact) mass is 317 g/mol. The summed E-state index contributed by atoms with van der Waals surface area (Å²) in [6.07, 6.45) is 0. The molecule has 0 fully saturated rings. The van der Waals surface area contributed by atoms with Crippen molar-refractivity contribution < 1.29 is 10.2 Å². The molecule has 0 saturated heterocycles. The number of anilines is 1. The molecule has 1 heterocycles. The van der Waals surface area contributed by atoms with Crippen LogP contribution in [0.1, 0.15) is 22.3 Å². The van der Waals surface area contributed by atoms with Crippen molar-refractivity contribution in [3.63, 3.8) is 0 Å². The Kier molecular flexibility index (Phi) is 3.23. The number of rotatable bonds is 2. The van der Waals surface area contributed by atoms with Gasteiger partial charge in [0.2, 0.25) is 5.72 Å². The van der Waals surface area contributed by atoms with Gasteiger partial charge in [-0.2, -0.15) is 0 Å². The molecule has 0 saturated carbocycles. The fourth-order valence-corrected chi connectivity index (χ4v) is 3.51. The topological polar surface area (TPSA) is 52.5 Å². The van der Waals surface area contributed by atoms with Crippen molar-refractivity contribution in [1.82, 2.24) is 0 Å². The molecule has 3 heteroatoms. The Morgan fingerprint density at radius 3 is 2.04 bits per heavy atom. The van der Waals surface area contributed by atoms with Gasteiger partial charge in [0, 0.05) is 16.8 Å². The van der Waals surface area contributed by atoms with E-state index >= 15 is 0 Å². The van der Waals surface area contributed by atoms with Crippen LogP contribution in [0.15, 0.2) is 78.9 Å². The Hall–Kier alpha value is -2.62. The second-order valence-corrected chi connectivity index (χ2v) is 6.32. The Bertz CT molecular complexity index is 876. The number of aliphatic hydroxyl groups is 2. The van der Waals surface area contributed by atoms with E-state index in [9.17, 15) is 10.2 Å². The van der Waals surface area contributed by atoms with Crippen molar-refractivity contribution in [3.8, 4) is 0 Å². The van der Waals surface area contributed by atoms with Crippen LogP contribution in [-0.4, -0.2) is 10.2 Å². The number of nitrogens with one attached hydrogen (secondary N) is 1. The van der Waals surface area contributed by atoms with E-state index in [4.69, 9.17) is 0 Å². The van der Waals surface area contributed by atoms with Gasteiger partial charge >= 0.3 is 0 Å². The van der Waals surface area contributed by atoms with Crippen LogP contribution in [0.4, 0.5) is 5.69 Å². The van der Waals surface area contributed by atoms with Crippen LogP contribution >= 0.6 is 0 Å². The molecule has 0 bridgehead atoms. The lowest BCUT2D eigenvalue weighted by atomic mass is 9.77. The van der Waals surface area contributed by atoms with E-state index < -0.39 is 11.3 Å². The summed E-state index contributed by atoms with van der Waals surface area (Å²) in [5, 5.41) is 26.5.